The third-order valence-corrected chi connectivity index (χ3v) is 5.48. The van der Waals surface area contributed by atoms with Crippen LogP contribution < -0.4 is 15.5 Å². The van der Waals surface area contributed by atoms with Crippen molar-refractivity contribution >= 4 is 17.5 Å². The van der Waals surface area contributed by atoms with Crippen LogP contribution in [0, 0.1) is 0 Å². The molecule has 0 unspecified atom stereocenters. The maximum absolute atomic E-state index is 13.7. The number of aromatic nitrogens is 2. The molecule has 4 rings (SSSR count). The van der Waals surface area contributed by atoms with E-state index in [2.05, 4.69) is 20.6 Å². The highest BCUT2D eigenvalue weighted by atomic mass is 19.4. The molecule has 2 N–H and O–H groups in total. The molecular formula is C20H22F5N5. The average molecular weight is 427 g/mol. The Morgan fingerprint density at radius 3 is 2.53 bits per heavy atom. The molecule has 4 heterocycles. The number of halogens is 5. The van der Waals surface area contributed by atoms with Crippen LogP contribution in [-0.4, -0.2) is 42.1 Å². The minimum absolute atomic E-state index is 0.00233. The molecule has 2 fully saturated rings. The lowest BCUT2D eigenvalue weighted by atomic mass is 9.90. The van der Waals surface area contributed by atoms with Crippen LogP contribution in [0.2, 0.25) is 0 Å². The van der Waals surface area contributed by atoms with Crippen molar-refractivity contribution in [3.05, 3.63) is 41.6 Å². The summed E-state index contributed by atoms with van der Waals surface area (Å²) in [4.78, 5) is 9.88. The fraction of sp³-hybridized carbons (Fsp3) is 0.500. The van der Waals surface area contributed by atoms with Crippen LogP contribution in [0.3, 0.4) is 0 Å². The fourth-order valence-electron chi connectivity index (χ4n) is 3.89. The number of anilines is 3. The summed E-state index contributed by atoms with van der Waals surface area (Å²) < 4.78 is 66.5. The standard InChI is InChI=1S/C20H22F5N5/c21-19(22)4-8-30(12-19)18-10-14(13-1-5-26-6-2-13)9-17(29-18)28-16-11-15(3-7-27-16)20(23,24)25/h3,7,9-11,13,26H,1-2,4-6,8,12H2,(H,27,28,29). The molecule has 2 aromatic rings. The number of nitrogens with one attached hydrogen (secondary N) is 2. The largest absolute Gasteiger partial charge is 0.416 e. The monoisotopic (exact) mass is 427 g/mol. The number of nitrogens with zero attached hydrogens (tertiary/aromatic N) is 3. The van der Waals surface area contributed by atoms with Crippen LogP contribution in [0.4, 0.5) is 39.4 Å². The summed E-state index contributed by atoms with van der Waals surface area (Å²) in [5.41, 5.74) is 0.111. The van der Waals surface area contributed by atoms with E-state index < -0.39 is 24.2 Å². The number of rotatable bonds is 4. The number of pyridine rings is 2. The van der Waals surface area contributed by atoms with E-state index in [9.17, 15) is 22.0 Å². The zero-order chi connectivity index (χ0) is 21.4. The SMILES string of the molecule is FC1(F)CCN(c2cc(C3CCNCC3)cc(Nc3cc(C(F)(F)F)ccn3)n2)C1. The summed E-state index contributed by atoms with van der Waals surface area (Å²) >= 11 is 0. The van der Waals surface area contributed by atoms with Crippen LogP contribution in [0.15, 0.2) is 30.5 Å². The molecular weight excluding hydrogens is 405 g/mol. The molecule has 0 aromatic carbocycles. The lowest BCUT2D eigenvalue weighted by molar-refractivity contribution is -0.137. The number of alkyl halides is 5. The van der Waals surface area contributed by atoms with Gasteiger partial charge >= 0.3 is 6.18 Å². The maximum atomic E-state index is 13.7. The van der Waals surface area contributed by atoms with Gasteiger partial charge < -0.3 is 15.5 Å². The van der Waals surface area contributed by atoms with Crippen molar-refractivity contribution < 1.29 is 22.0 Å². The van der Waals surface area contributed by atoms with Crippen LogP contribution in [-0.2, 0) is 6.18 Å². The van der Waals surface area contributed by atoms with E-state index in [1.165, 1.54) is 4.90 Å². The first-order chi connectivity index (χ1) is 14.2. The predicted octanol–water partition coefficient (Wildman–Crippen LogP) is 4.55. The second kappa shape index (κ2) is 7.98. The van der Waals surface area contributed by atoms with Crippen LogP contribution in [0.1, 0.15) is 36.3 Å². The van der Waals surface area contributed by atoms with Crippen LogP contribution in [0.25, 0.3) is 0 Å². The zero-order valence-electron chi connectivity index (χ0n) is 16.1. The molecule has 2 aliphatic heterocycles. The highest BCUT2D eigenvalue weighted by molar-refractivity contribution is 5.58. The molecule has 10 heteroatoms. The van der Waals surface area contributed by atoms with Crippen molar-refractivity contribution in [3.8, 4) is 0 Å². The molecule has 30 heavy (non-hydrogen) atoms. The lowest BCUT2D eigenvalue weighted by Gasteiger charge is -2.25. The Labute approximate surface area is 170 Å². The molecule has 2 aliphatic rings. The van der Waals surface area contributed by atoms with E-state index in [-0.39, 0.29) is 24.7 Å². The molecule has 0 atom stereocenters. The number of piperidine rings is 1. The Balaban J connectivity index is 1.65. The van der Waals surface area contributed by atoms with Crippen molar-refractivity contribution in [1.29, 1.82) is 0 Å². The van der Waals surface area contributed by atoms with Gasteiger partial charge in [-0.2, -0.15) is 13.2 Å². The zero-order valence-corrected chi connectivity index (χ0v) is 16.1. The number of hydrogen-bond donors (Lipinski definition) is 2. The Hall–Kier alpha value is -2.49. The van der Waals surface area contributed by atoms with Gasteiger partial charge in [-0.05, 0) is 61.7 Å². The van der Waals surface area contributed by atoms with Gasteiger partial charge in [0.05, 0.1) is 12.1 Å². The van der Waals surface area contributed by atoms with E-state index in [1.54, 1.807) is 6.07 Å². The van der Waals surface area contributed by atoms with E-state index in [0.29, 0.717) is 11.6 Å². The smallest absolute Gasteiger partial charge is 0.350 e. The van der Waals surface area contributed by atoms with Gasteiger partial charge in [-0.15, -0.1) is 0 Å². The molecule has 5 nitrogen and oxygen atoms in total. The summed E-state index contributed by atoms with van der Waals surface area (Å²) in [6.45, 7) is 1.46. The third-order valence-electron chi connectivity index (χ3n) is 5.48. The first-order valence-electron chi connectivity index (χ1n) is 9.85. The summed E-state index contributed by atoms with van der Waals surface area (Å²) in [5.74, 6) is -1.85. The van der Waals surface area contributed by atoms with Crippen molar-refractivity contribution in [2.45, 2.75) is 37.3 Å². The quantitative estimate of drug-likeness (QED) is 0.702. The molecule has 0 radical (unpaired) electrons. The third kappa shape index (κ3) is 4.80. The van der Waals surface area contributed by atoms with Gasteiger partial charge in [0.15, 0.2) is 0 Å². The Morgan fingerprint density at radius 1 is 1.10 bits per heavy atom. The molecule has 2 aromatic heterocycles. The molecule has 0 spiro atoms. The van der Waals surface area contributed by atoms with Gasteiger partial charge in [-0.1, -0.05) is 0 Å². The first-order valence-corrected chi connectivity index (χ1v) is 9.85. The Bertz CT molecular complexity index is 895. The van der Waals surface area contributed by atoms with E-state index in [0.717, 1.165) is 49.8 Å². The summed E-state index contributed by atoms with van der Waals surface area (Å²) in [5, 5.41) is 6.11. The summed E-state index contributed by atoms with van der Waals surface area (Å²) in [7, 11) is 0. The van der Waals surface area contributed by atoms with Crippen molar-refractivity contribution in [2.75, 3.05) is 36.4 Å². The second-order valence-electron chi connectivity index (χ2n) is 7.75. The van der Waals surface area contributed by atoms with Gasteiger partial charge in [-0.25, -0.2) is 18.7 Å². The molecule has 162 valence electrons. The Morgan fingerprint density at radius 2 is 1.87 bits per heavy atom. The van der Waals surface area contributed by atoms with Gasteiger partial charge in [-0.3, -0.25) is 0 Å². The van der Waals surface area contributed by atoms with Crippen molar-refractivity contribution in [1.82, 2.24) is 15.3 Å². The lowest BCUT2D eigenvalue weighted by Crippen LogP contribution is -2.28. The topological polar surface area (TPSA) is 53.1 Å². The Kier molecular flexibility index (Phi) is 5.52. The van der Waals surface area contributed by atoms with Gasteiger partial charge in [0.1, 0.15) is 17.5 Å². The molecule has 0 saturated carbocycles. The summed E-state index contributed by atoms with van der Waals surface area (Å²) in [6.07, 6.45) is -1.88. The number of hydrogen-bond acceptors (Lipinski definition) is 5. The molecule has 0 amide bonds. The fourth-order valence-corrected chi connectivity index (χ4v) is 3.89. The molecule has 0 aliphatic carbocycles. The van der Waals surface area contributed by atoms with Crippen LogP contribution in [0.5, 0.6) is 0 Å². The normalized spacial score (nSPS) is 19.8. The maximum Gasteiger partial charge on any atom is 0.416 e. The summed E-state index contributed by atoms with van der Waals surface area (Å²) in [6, 6.07) is 5.39. The van der Waals surface area contributed by atoms with E-state index in [1.807, 2.05) is 6.07 Å². The van der Waals surface area contributed by atoms with Gasteiger partial charge in [0.2, 0.25) is 0 Å². The minimum atomic E-state index is -4.49. The van der Waals surface area contributed by atoms with Gasteiger partial charge in [0, 0.05) is 19.2 Å². The first kappa shape index (κ1) is 20.8. The highest BCUT2D eigenvalue weighted by Gasteiger charge is 2.39. The average Bonchev–Trinajstić information content (AvgIpc) is 3.08. The van der Waals surface area contributed by atoms with E-state index in [4.69, 9.17) is 0 Å². The van der Waals surface area contributed by atoms with Crippen molar-refractivity contribution in [3.63, 3.8) is 0 Å². The molecule has 0 bridgehead atoms. The van der Waals surface area contributed by atoms with Gasteiger partial charge in [0.25, 0.3) is 5.92 Å². The predicted molar refractivity (Wildman–Crippen MR) is 103 cm³/mol. The molecule has 2 saturated heterocycles. The van der Waals surface area contributed by atoms with E-state index >= 15 is 0 Å². The van der Waals surface area contributed by atoms with Crippen molar-refractivity contribution in [2.24, 2.45) is 0 Å². The second-order valence-corrected chi connectivity index (χ2v) is 7.75. The van der Waals surface area contributed by atoms with Crippen LogP contribution >= 0.6 is 0 Å². The minimum Gasteiger partial charge on any atom is -0.350 e. The highest BCUT2D eigenvalue weighted by Crippen LogP contribution is 2.35.